The van der Waals surface area contributed by atoms with E-state index in [1.54, 1.807) is 18.2 Å². The van der Waals surface area contributed by atoms with Gasteiger partial charge in [0.05, 0.1) is 16.8 Å². The van der Waals surface area contributed by atoms with Crippen molar-refractivity contribution in [2.45, 2.75) is 18.7 Å². The van der Waals surface area contributed by atoms with Crippen LogP contribution in [-0.4, -0.2) is 20.2 Å². The van der Waals surface area contributed by atoms with Gasteiger partial charge in [0.15, 0.2) is 11.5 Å². The van der Waals surface area contributed by atoms with Crippen LogP contribution in [0, 0.1) is 13.8 Å². The van der Waals surface area contributed by atoms with E-state index < -0.39 is 10.0 Å². The Morgan fingerprint density at radius 1 is 0.893 bits per heavy atom. The van der Waals surface area contributed by atoms with Gasteiger partial charge in [0, 0.05) is 11.8 Å². The third kappa shape index (κ3) is 3.86. The van der Waals surface area contributed by atoms with Gasteiger partial charge in [0.25, 0.3) is 10.0 Å². The van der Waals surface area contributed by atoms with E-state index in [0.717, 1.165) is 16.8 Å². The van der Waals surface area contributed by atoms with E-state index in [0.29, 0.717) is 23.0 Å². The first-order valence-electron chi connectivity index (χ1n) is 8.63. The van der Waals surface area contributed by atoms with Crippen LogP contribution < -0.4 is 19.5 Å². The molecule has 0 spiro atoms. The van der Waals surface area contributed by atoms with Gasteiger partial charge in [0.1, 0.15) is 5.82 Å². The van der Waals surface area contributed by atoms with Gasteiger partial charge in [-0.25, -0.2) is 13.4 Å². The fourth-order valence-electron chi connectivity index (χ4n) is 2.98. The molecule has 0 amide bonds. The van der Waals surface area contributed by atoms with Crippen molar-refractivity contribution in [1.29, 1.82) is 0 Å². The second-order valence-corrected chi connectivity index (χ2v) is 8.24. The van der Waals surface area contributed by atoms with E-state index in [4.69, 9.17) is 9.47 Å². The van der Waals surface area contributed by atoms with Gasteiger partial charge in [0.2, 0.25) is 6.79 Å². The summed E-state index contributed by atoms with van der Waals surface area (Å²) in [5, 5.41) is 3.22. The molecule has 144 valence electrons. The lowest BCUT2D eigenvalue weighted by atomic mass is 10.1. The van der Waals surface area contributed by atoms with Crippen LogP contribution in [0.25, 0.3) is 0 Å². The SMILES string of the molecule is Cc1cc(C)cc(Nc2ccc(NS(=O)(=O)c3ccc4c(c3)OCO4)cn2)c1. The number of fused-ring (bicyclic) bond motifs is 1. The molecule has 2 heterocycles. The van der Waals surface area contributed by atoms with E-state index >= 15 is 0 Å². The summed E-state index contributed by atoms with van der Waals surface area (Å²) in [6, 6.07) is 14.0. The molecular formula is C20H19N3O4S. The number of nitrogens with one attached hydrogen (secondary N) is 2. The average Bonchev–Trinajstić information content (AvgIpc) is 3.10. The summed E-state index contributed by atoms with van der Waals surface area (Å²) in [4.78, 5) is 4.38. The van der Waals surface area contributed by atoms with Crippen LogP contribution in [0.3, 0.4) is 0 Å². The molecule has 0 unspecified atom stereocenters. The van der Waals surface area contributed by atoms with Gasteiger partial charge < -0.3 is 14.8 Å². The number of hydrogen-bond donors (Lipinski definition) is 2. The normalized spacial score (nSPS) is 12.6. The zero-order valence-electron chi connectivity index (χ0n) is 15.4. The monoisotopic (exact) mass is 397 g/mol. The van der Waals surface area contributed by atoms with Crippen molar-refractivity contribution in [3.05, 3.63) is 65.9 Å². The number of rotatable bonds is 5. The molecule has 0 atom stereocenters. The smallest absolute Gasteiger partial charge is 0.262 e. The van der Waals surface area contributed by atoms with Crippen LogP contribution in [0.15, 0.2) is 59.6 Å². The lowest BCUT2D eigenvalue weighted by Crippen LogP contribution is -2.13. The Morgan fingerprint density at radius 3 is 2.36 bits per heavy atom. The topological polar surface area (TPSA) is 89.5 Å². The fraction of sp³-hybridized carbons (Fsp3) is 0.150. The molecule has 0 bridgehead atoms. The summed E-state index contributed by atoms with van der Waals surface area (Å²) in [7, 11) is -3.76. The van der Waals surface area contributed by atoms with E-state index in [9.17, 15) is 8.42 Å². The lowest BCUT2D eigenvalue weighted by molar-refractivity contribution is 0.174. The predicted molar refractivity (Wildman–Crippen MR) is 107 cm³/mol. The minimum Gasteiger partial charge on any atom is -0.454 e. The summed E-state index contributed by atoms with van der Waals surface area (Å²) in [5.41, 5.74) is 3.59. The molecule has 4 rings (SSSR count). The number of anilines is 3. The Labute approximate surface area is 163 Å². The maximum atomic E-state index is 12.6. The highest BCUT2D eigenvalue weighted by atomic mass is 32.2. The van der Waals surface area contributed by atoms with Crippen LogP contribution in [0.4, 0.5) is 17.2 Å². The number of sulfonamides is 1. The lowest BCUT2D eigenvalue weighted by Gasteiger charge is -2.11. The Kier molecular flexibility index (Phi) is 4.56. The zero-order valence-corrected chi connectivity index (χ0v) is 16.2. The number of hydrogen-bond acceptors (Lipinski definition) is 6. The molecule has 1 aromatic heterocycles. The van der Waals surface area contributed by atoms with Gasteiger partial charge in [-0.3, -0.25) is 4.72 Å². The summed E-state index contributed by atoms with van der Waals surface area (Å²) < 4.78 is 38.2. The van der Waals surface area contributed by atoms with Crippen molar-refractivity contribution < 1.29 is 17.9 Å². The predicted octanol–water partition coefficient (Wildman–Crippen LogP) is 3.97. The summed E-state index contributed by atoms with van der Waals surface area (Å²) in [5.74, 6) is 1.56. The molecule has 8 heteroatoms. The fourth-order valence-corrected chi connectivity index (χ4v) is 4.04. The third-order valence-electron chi connectivity index (χ3n) is 4.16. The van der Waals surface area contributed by atoms with Gasteiger partial charge in [-0.05, 0) is 61.4 Å². The molecule has 0 radical (unpaired) electrons. The summed E-state index contributed by atoms with van der Waals surface area (Å²) >= 11 is 0. The van der Waals surface area contributed by atoms with Crippen molar-refractivity contribution in [3.63, 3.8) is 0 Å². The van der Waals surface area contributed by atoms with Crippen molar-refractivity contribution in [1.82, 2.24) is 4.98 Å². The molecule has 0 aliphatic carbocycles. The average molecular weight is 397 g/mol. The van der Waals surface area contributed by atoms with Crippen molar-refractivity contribution in [2.75, 3.05) is 16.8 Å². The second kappa shape index (κ2) is 7.05. The van der Waals surface area contributed by atoms with E-state index in [1.165, 1.54) is 18.3 Å². The van der Waals surface area contributed by atoms with Crippen molar-refractivity contribution >= 4 is 27.2 Å². The number of pyridine rings is 1. The number of aryl methyl sites for hydroxylation is 2. The first-order valence-corrected chi connectivity index (χ1v) is 10.1. The Hall–Kier alpha value is -3.26. The maximum Gasteiger partial charge on any atom is 0.262 e. The zero-order chi connectivity index (χ0) is 19.7. The van der Waals surface area contributed by atoms with Crippen LogP contribution in [0.5, 0.6) is 11.5 Å². The molecule has 2 aromatic carbocycles. The highest BCUT2D eigenvalue weighted by Gasteiger charge is 2.20. The molecule has 0 saturated heterocycles. The van der Waals surface area contributed by atoms with Gasteiger partial charge >= 0.3 is 0 Å². The van der Waals surface area contributed by atoms with Gasteiger partial charge in [-0.2, -0.15) is 0 Å². The summed E-state index contributed by atoms with van der Waals surface area (Å²) in [6.07, 6.45) is 1.47. The van der Waals surface area contributed by atoms with E-state index in [2.05, 4.69) is 21.1 Å². The minimum atomic E-state index is -3.76. The highest BCUT2D eigenvalue weighted by molar-refractivity contribution is 7.92. The van der Waals surface area contributed by atoms with Crippen LogP contribution in [0.1, 0.15) is 11.1 Å². The second-order valence-electron chi connectivity index (χ2n) is 6.55. The maximum absolute atomic E-state index is 12.6. The number of benzene rings is 2. The van der Waals surface area contributed by atoms with Crippen molar-refractivity contribution in [2.24, 2.45) is 0 Å². The largest absolute Gasteiger partial charge is 0.454 e. The van der Waals surface area contributed by atoms with E-state index in [1.807, 2.05) is 26.0 Å². The van der Waals surface area contributed by atoms with Crippen LogP contribution in [0.2, 0.25) is 0 Å². The molecule has 1 aliphatic rings. The third-order valence-corrected chi connectivity index (χ3v) is 5.54. The van der Waals surface area contributed by atoms with Gasteiger partial charge in [-0.1, -0.05) is 6.07 Å². The number of ether oxygens (including phenoxy) is 2. The number of nitrogens with zero attached hydrogens (tertiary/aromatic N) is 1. The first-order chi connectivity index (χ1) is 13.4. The Bertz CT molecular complexity index is 1110. The standard InChI is InChI=1S/C20H19N3O4S/c1-13-7-14(2)9-16(8-13)22-20-6-3-15(11-21-20)23-28(24,25)17-4-5-18-19(10-17)27-12-26-18/h3-11,23H,12H2,1-2H3,(H,21,22). The molecule has 1 aliphatic heterocycles. The molecule has 28 heavy (non-hydrogen) atoms. The van der Waals surface area contributed by atoms with Crippen LogP contribution in [-0.2, 0) is 10.0 Å². The quantitative estimate of drug-likeness (QED) is 0.677. The highest BCUT2D eigenvalue weighted by Crippen LogP contribution is 2.34. The summed E-state index contributed by atoms with van der Waals surface area (Å²) in [6.45, 7) is 4.14. The van der Waals surface area contributed by atoms with E-state index in [-0.39, 0.29) is 11.7 Å². The molecule has 3 aromatic rings. The number of aromatic nitrogens is 1. The molecular weight excluding hydrogens is 378 g/mol. The molecule has 2 N–H and O–H groups in total. The molecule has 0 fully saturated rings. The Morgan fingerprint density at radius 2 is 1.64 bits per heavy atom. The minimum absolute atomic E-state index is 0.0884. The van der Waals surface area contributed by atoms with Crippen molar-refractivity contribution in [3.8, 4) is 11.5 Å². The molecule has 7 nitrogen and oxygen atoms in total. The van der Waals surface area contributed by atoms with Crippen LogP contribution >= 0.6 is 0 Å². The molecule has 0 saturated carbocycles. The first kappa shape index (κ1) is 18.1. The Balaban J connectivity index is 1.49. The van der Waals surface area contributed by atoms with Gasteiger partial charge in [-0.15, -0.1) is 0 Å².